The third-order valence-electron chi connectivity index (χ3n) is 4.15. The van der Waals surface area contributed by atoms with Gasteiger partial charge >= 0.3 is 13.3 Å². The molecule has 9 nitrogen and oxygen atoms in total. The molecule has 2 N–H and O–H groups in total. The summed E-state index contributed by atoms with van der Waals surface area (Å²) in [5, 5.41) is 0. The van der Waals surface area contributed by atoms with Gasteiger partial charge in [0.1, 0.15) is 17.9 Å². The summed E-state index contributed by atoms with van der Waals surface area (Å²) in [5.41, 5.74) is -1.97. The Labute approximate surface area is 157 Å². The number of terminal acetylenes is 1. The van der Waals surface area contributed by atoms with Crippen molar-refractivity contribution in [2.75, 3.05) is 6.61 Å². The van der Waals surface area contributed by atoms with Crippen LogP contribution in [-0.4, -0.2) is 45.0 Å². The van der Waals surface area contributed by atoms with Crippen molar-refractivity contribution in [3.05, 3.63) is 32.6 Å². The van der Waals surface area contributed by atoms with Gasteiger partial charge in [0.05, 0.1) is 24.5 Å². The first-order valence-corrected chi connectivity index (χ1v) is 10.3. The van der Waals surface area contributed by atoms with Crippen molar-refractivity contribution in [2.24, 2.45) is 0 Å². The van der Waals surface area contributed by atoms with E-state index in [4.69, 9.17) is 20.4 Å². The average molecular weight is 400 g/mol. The fourth-order valence-corrected chi connectivity index (χ4v) is 3.39. The summed E-state index contributed by atoms with van der Waals surface area (Å²) >= 11 is 0. The van der Waals surface area contributed by atoms with Crippen LogP contribution in [0.15, 0.2) is 15.8 Å². The summed E-state index contributed by atoms with van der Waals surface area (Å²) in [4.78, 5) is 36.0. The highest BCUT2D eigenvalue weighted by atomic mass is 31.2. The normalized spacial score (nSPS) is 24.9. The van der Waals surface area contributed by atoms with Crippen LogP contribution in [0.3, 0.4) is 0 Å². The maximum absolute atomic E-state index is 12.3. The molecule has 0 spiro atoms. The van der Waals surface area contributed by atoms with Gasteiger partial charge in [-0.2, -0.15) is 0 Å². The third-order valence-corrected chi connectivity index (χ3v) is 6.02. The molecule has 2 rings (SSSR count). The van der Waals surface area contributed by atoms with E-state index in [0.717, 1.165) is 4.57 Å². The highest BCUT2D eigenvalue weighted by molar-refractivity contribution is 7.53. The first kappa shape index (κ1) is 21.6. The van der Waals surface area contributed by atoms with Crippen LogP contribution in [0.5, 0.6) is 0 Å². The number of rotatable bonds is 7. The van der Waals surface area contributed by atoms with Gasteiger partial charge in [0, 0.05) is 12.6 Å². The van der Waals surface area contributed by atoms with Crippen LogP contribution < -0.4 is 11.2 Å². The fourth-order valence-electron chi connectivity index (χ4n) is 2.54. The standard InChI is InChI=1S/C17H25N2O7P/c1-6-12-8-19(17(21)18-16(12)20)15-7-13(26-27(22,23)11(4)5)14(25-15)9-24-10(2)3/h1,8,10-11,13-15H,7,9H2,2-5H3,(H,22,23)(H,18,20,21)/t13-,14+,15+/m0/s1. The smallest absolute Gasteiger partial charge is 0.330 e. The molecule has 1 aliphatic rings. The molecular formula is C17H25N2O7P. The molecule has 1 aromatic rings. The summed E-state index contributed by atoms with van der Waals surface area (Å²) in [6, 6.07) is 0. The summed E-state index contributed by atoms with van der Waals surface area (Å²) in [6.07, 6.45) is 4.31. The zero-order valence-electron chi connectivity index (χ0n) is 15.7. The third kappa shape index (κ3) is 5.18. The van der Waals surface area contributed by atoms with E-state index in [-0.39, 0.29) is 24.7 Å². The van der Waals surface area contributed by atoms with Crippen LogP contribution in [0, 0.1) is 12.3 Å². The zero-order chi connectivity index (χ0) is 20.4. The summed E-state index contributed by atoms with van der Waals surface area (Å²) in [7, 11) is -3.86. The second-order valence-electron chi connectivity index (χ2n) is 6.90. The summed E-state index contributed by atoms with van der Waals surface area (Å²) < 4.78 is 30.3. The maximum Gasteiger partial charge on any atom is 0.330 e. The molecule has 1 unspecified atom stereocenters. The molecule has 0 amide bonds. The molecule has 4 atom stereocenters. The van der Waals surface area contributed by atoms with E-state index >= 15 is 0 Å². The van der Waals surface area contributed by atoms with E-state index in [2.05, 4.69) is 10.9 Å². The molecule has 0 aliphatic carbocycles. The first-order chi connectivity index (χ1) is 12.5. The largest absolute Gasteiger partial charge is 0.376 e. The summed E-state index contributed by atoms with van der Waals surface area (Å²) in [5.74, 6) is 2.20. The van der Waals surface area contributed by atoms with Crippen LogP contribution in [0.25, 0.3) is 0 Å². The SMILES string of the molecule is C#Cc1cn([C@H]2C[C@H](OP(=O)(O)C(C)C)[C@@H](COC(C)C)O2)c(=O)[nH]c1=O. The van der Waals surface area contributed by atoms with E-state index in [1.54, 1.807) is 13.8 Å². The molecule has 1 saturated heterocycles. The number of hydrogen-bond acceptors (Lipinski definition) is 6. The second kappa shape index (κ2) is 8.55. The Kier molecular flexibility index (Phi) is 6.84. The van der Waals surface area contributed by atoms with Gasteiger partial charge in [0.2, 0.25) is 0 Å². The van der Waals surface area contributed by atoms with Crippen molar-refractivity contribution >= 4 is 7.60 Å². The maximum atomic E-state index is 12.3. The van der Waals surface area contributed by atoms with Gasteiger partial charge in [-0.05, 0) is 13.8 Å². The van der Waals surface area contributed by atoms with Gasteiger partial charge in [-0.3, -0.25) is 18.9 Å². The van der Waals surface area contributed by atoms with Crippen LogP contribution in [-0.2, 0) is 18.6 Å². The van der Waals surface area contributed by atoms with Gasteiger partial charge in [-0.1, -0.05) is 19.8 Å². The average Bonchev–Trinajstić information content (AvgIpc) is 2.94. The van der Waals surface area contributed by atoms with Crippen molar-refractivity contribution in [1.82, 2.24) is 9.55 Å². The van der Waals surface area contributed by atoms with Crippen molar-refractivity contribution in [1.29, 1.82) is 0 Å². The van der Waals surface area contributed by atoms with E-state index in [1.165, 1.54) is 6.20 Å². The highest BCUT2D eigenvalue weighted by Crippen LogP contribution is 2.51. The lowest BCUT2D eigenvalue weighted by atomic mass is 10.2. The van der Waals surface area contributed by atoms with Crippen LogP contribution >= 0.6 is 7.60 Å². The molecule has 1 aromatic heterocycles. The molecule has 150 valence electrons. The molecule has 1 fully saturated rings. The van der Waals surface area contributed by atoms with Crippen LogP contribution in [0.4, 0.5) is 0 Å². The lowest BCUT2D eigenvalue weighted by Gasteiger charge is -2.24. The molecule has 27 heavy (non-hydrogen) atoms. The van der Waals surface area contributed by atoms with Crippen LogP contribution in [0.1, 0.15) is 45.9 Å². The van der Waals surface area contributed by atoms with Gasteiger partial charge in [0.15, 0.2) is 0 Å². The van der Waals surface area contributed by atoms with Gasteiger partial charge < -0.3 is 18.9 Å². The Hall–Kier alpha value is -1.69. The number of ether oxygens (including phenoxy) is 2. The Morgan fingerprint density at radius 3 is 2.67 bits per heavy atom. The Balaban J connectivity index is 2.31. The fraction of sp³-hybridized carbons (Fsp3) is 0.647. The number of nitrogens with zero attached hydrogens (tertiary/aromatic N) is 1. The predicted octanol–water partition coefficient (Wildman–Crippen LogP) is 1.21. The van der Waals surface area contributed by atoms with Crippen molar-refractivity contribution < 1.29 is 23.5 Å². The highest BCUT2D eigenvalue weighted by Gasteiger charge is 2.42. The number of aromatic nitrogens is 2. The quantitative estimate of drug-likeness (QED) is 0.521. The van der Waals surface area contributed by atoms with Crippen molar-refractivity contribution in [2.45, 2.75) is 64.3 Å². The molecule has 2 heterocycles. The number of nitrogens with one attached hydrogen (secondary N) is 1. The minimum absolute atomic E-state index is 0.0208. The molecule has 0 bridgehead atoms. The lowest BCUT2D eigenvalue weighted by Crippen LogP contribution is -2.33. The molecule has 0 aromatic carbocycles. The topological polar surface area (TPSA) is 120 Å². The van der Waals surface area contributed by atoms with Gasteiger partial charge in [-0.25, -0.2) is 4.79 Å². The van der Waals surface area contributed by atoms with Crippen LogP contribution in [0.2, 0.25) is 0 Å². The van der Waals surface area contributed by atoms with E-state index < -0.39 is 42.9 Å². The molecular weight excluding hydrogens is 375 g/mol. The van der Waals surface area contributed by atoms with E-state index in [0.29, 0.717) is 0 Å². The van der Waals surface area contributed by atoms with Crippen molar-refractivity contribution in [3.63, 3.8) is 0 Å². The molecule has 0 saturated carbocycles. The zero-order valence-corrected chi connectivity index (χ0v) is 16.6. The minimum Gasteiger partial charge on any atom is -0.376 e. The Morgan fingerprint density at radius 1 is 1.44 bits per heavy atom. The predicted molar refractivity (Wildman–Crippen MR) is 98.7 cm³/mol. The number of aromatic amines is 1. The lowest BCUT2D eigenvalue weighted by molar-refractivity contribution is -0.0724. The molecule has 1 aliphatic heterocycles. The molecule has 0 radical (unpaired) electrons. The van der Waals surface area contributed by atoms with Gasteiger partial charge in [0.25, 0.3) is 5.56 Å². The molecule has 10 heteroatoms. The minimum atomic E-state index is -3.86. The second-order valence-corrected chi connectivity index (χ2v) is 9.27. The number of hydrogen-bond donors (Lipinski definition) is 2. The Morgan fingerprint density at radius 2 is 2.11 bits per heavy atom. The van der Waals surface area contributed by atoms with Gasteiger partial charge in [-0.15, -0.1) is 6.42 Å². The van der Waals surface area contributed by atoms with E-state index in [9.17, 15) is 19.0 Å². The Bertz CT molecular complexity index is 867. The summed E-state index contributed by atoms with van der Waals surface area (Å²) in [6.45, 7) is 6.98. The van der Waals surface area contributed by atoms with E-state index in [1.807, 2.05) is 13.8 Å². The first-order valence-electron chi connectivity index (χ1n) is 8.65. The van der Waals surface area contributed by atoms with Crippen molar-refractivity contribution in [3.8, 4) is 12.3 Å². The number of H-pyrrole nitrogens is 1. The monoisotopic (exact) mass is 400 g/mol.